The smallest absolute Gasteiger partial charge is 0.330 e. The molecule has 0 spiro atoms. The Labute approximate surface area is 130 Å². The first kappa shape index (κ1) is 15.8. The van der Waals surface area contributed by atoms with Crippen molar-refractivity contribution >= 4 is 23.2 Å². The van der Waals surface area contributed by atoms with Gasteiger partial charge in [-0.05, 0) is 17.7 Å². The van der Waals surface area contributed by atoms with Crippen molar-refractivity contribution in [1.82, 2.24) is 9.55 Å². The number of alkyl halides is 1. The van der Waals surface area contributed by atoms with Gasteiger partial charge in [0, 0.05) is 0 Å². The molecule has 22 heavy (non-hydrogen) atoms. The molecule has 2 rings (SSSR count). The van der Waals surface area contributed by atoms with E-state index >= 15 is 0 Å². The van der Waals surface area contributed by atoms with Crippen molar-refractivity contribution in [3.63, 3.8) is 0 Å². The topological polar surface area (TPSA) is 107 Å². The standard InChI is InChI=1S/C14H14ClN3O4/c1-22-9-4-2-8(3-5-9)7-18-12(16)11(10(19)6-15)13(20)17-14(18)21/h2-5H,6-7,16H2,1H3,(H,17,20,21). The predicted octanol–water partition coefficient (Wildman–Crippen LogP) is 0.597. The fourth-order valence-corrected chi connectivity index (χ4v) is 2.13. The number of methoxy groups -OCH3 is 1. The molecule has 0 bridgehead atoms. The van der Waals surface area contributed by atoms with Crippen molar-refractivity contribution in [3.05, 3.63) is 56.2 Å². The number of ketones is 1. The first-order valence-corrected chi connectivity index (χ1v) is 6.86. The zero-order chi connectivity index (χ0) is 16.3. The summed E-state index contributed by atoms with van der Waals surface area (Å²) in [5.74, 6) is -0.559. The van der Waals surface area contributed by atoms with Crippen LogP contribution in [0.2, 0.25) is 0 Å². The summed E-state index contributed by atoms with van der Waals surface area (Å²) in [5, 5.41) is 0. The third-order valence-corrected chi connectivity index (χ3v) is 3.38. The first-order chi connectivity index (χ1) is 10.5. The van der Waals surface area contributed by atoms with Gasteiger partial charge in [0.1, 0.15) is 17.1 Å². The highest BCUT2D eigenvalue weighted by atomic mass is 35.5. The number of hydrogen-bond acceptors (Lipinski definition) is 5. The van der Waals surface area contributed by atoms with E-state index in [1.807, 2.05) is 0 Å². The number of H-pyrrole nitrogens is 1. The second-order valence-electron chi connectivity index (χ2n) is 4.51. The highest BCUT2D eigenvalue weighted by molar-refractivity contribution is 6.31. The van der Waals surface area contributed by atoms with Crippen molar-refractivity contribution in [2.75, 3.05) is 18.7 Å². The van der Waals surface area contributed by atoms with E-state index in [1.54, 1.807) is 31.4 Å². The highest BCUT2D eigenvalue weighted by Gasteiger charge is 2.18. The SMILES string of the molecule is COc1ccc(Cn2c(N)c(C(=O)CCl)c(=O)[nH]c2=O)cc1. The monoisotopic (exact) mass is 323 g/mol. The third-order valence-electron chi connectivity index (χ3n) is 3.14. The summed E-state index contributed by atoms with van der Waals surface area (Å²) in [4.78, 5) is 37.4. The molecule has 0 unspecified atom stereocenters. The second kappa shape index (κ2) is 6.48. The Morgan fingerprint density at radius 3 is 2.50 bits per heavy atom. The molecule has 0 saturated heterocycles. The lowest BCUT2D eigenvalue weighted by Crippen LogP contribution is -2.36. The van der Waals surface area contributed by atoms with Gasteiger partial charge in [0.05, 0.1) is 19.5 Å². The molecule has 0 atom stereocenters. The molecule has 116 valence electrons. The van der Waals surface area contributed by atoms with Gasteiger partial charge in [0.2, 0.25) is 0 Å². The molecule has 0 amide bonds. The van der Waals surface area contributed by atoms with Crippen LogP contribution in [0.25, 0.3) is 0 Å². The van der Waals surface area contributed by atoms with Crippen LogP contribution in [0.3, 0.4) is 0 Å². The molecule has 3 N–H and O–H groups in total. The van der Waals surface area contributed by atoms with E-state index < -0.39 is 22.9 Å². The summed E-state index contributed by atoms with van der Waals surface area (Å²) < 4.78 is 6.16. The number of carbonyl (C=O) groups is 1. The Morgan fingerprint density at radius 2 is 1.95 bits per heavy atom. The predicted molar refractivity (Wildman–Crippen MR) is 82.9 cm³/mol. The molecule has 1 aromatic heterocycles. The molecule has 0 radical (unpaired) electrons. The Balaban J connectivity index is 2.48. The van der Waals surface area contributed by atoms with Gasteiger partial charge in [0.15, 0.2) is 5.78 Å². The zero-order valence-corrected chi connectivity index (χ0v) is 12.5. The fraction of sp³-hybridized carbons (Fsp3) is 0.214. The van der Waals surface area contributed by atoms with Crippen molar-refractivity contribution in [2.24, 2.45) is 0 Å². The zero-order valence-electron chi connectivity index (χ0n) is 11.8. The van der Waals surface area contributed by atoms with Gasteiger partial charge in [-0.3, -0.25) is 19.1 Å². The normalized spacial score (nSPS) is 10.5. The molecule has 2 aromatic rings. The van der Waals surface area contributed by atoms with E-state index in [1.165, 1.54) is 0 Å². The van der Waals surface area contributed by atoms with Crippen LogP contribution in [-0.4, -0.2) is 28.3 Å². The second-order valence-corrected chi connectivity index (χ2v) is 4.78. The van der Waals surface area contributed by atoms with Crippen LogP contribution >= 0.6 is 11.6 Å². The first-order valence-electron chi connectivity index (χ1n) is 6.32. The number of nitrogens with two attached hydrogens (primary N) is 1. The molecule has 0 aliphatic rings. The van der Waals surface area contributed by atoms with Crippen molar-refractivity contribution in [3.8, 4) is 5.75 Å². The number of ether oxygens (including phenoxy) is 1. The van der Waals surface area contributed by atoms with Crippen LogP contribution in [0.15, 0.2) is 33.9 Å². The van der Waals surface area contributed by atoms with Crippen LogP contribution in [0.5, 0.6) is 5.75 Å². The van der Waals surface area contributed by atoms with Gasteiger partial charge >= 0.3 is 5.69 Å². The van der Waals surface area contributed by atoms with Gasteiger partial charge in [-0.25, -0.2) is 4.79 Å². The van der Waals surface area contributed by atoms with E-state index in [0.29, 0.717) is 5.75 Å². The van der Waals surface area contributed by atoms with E-state index in [-0.39, 0.29) is 17.9 Å². The number of anilines is 1. The van der Waals surface area contributed by atoms with Gasteiger partial charge in [-0.1, -0.05) is 12.1 Å². The molecule has 8 heteroatoms. The minimum atomic E-state index is -0.834. The van der Waals surface area contributed by atoms with Crippen molar-refractivity contribution in [2.45, 2.75) is 6.54 Å². The van der Waals surface area contributed by atoms with Crippen LogP contribution in [0.4, 0.5) is 5.82 Å². The number of hydrogen-bond donors (Lipinski definition) is 2. The lowest BCUT2D eigenvalue weighted by atomic mass is 10.2. The average molecular weight is 324 g/mol. The molecule has 0 aliphatic heterocycles. The summed E-state index contributed by atoms with van der Waals surface area (Å²) in [6.07, 6.45) is 0. The number of nitrogen functional groups attached to an aromatic ring is 1. The molecule has 0 fully saturated rings. The Bertz CT molecular complexity index is 808. The molecular weight excluding hydrogens is 310 g/mol. The van der Waals surface area contributed by atoms with Crippen LogP contribution in [0, 0.1) is 0 Å². The van der Waals surface area contributed by atoms with Crippen molar-refractivity contribution in [1.29, 1.82) is 0 Å². The van der Waals surface area contributed by atoms with Gasteiger partial charge in [-0.2, -0.15) is 0 Å². The summed E-state index contributed by atoms with van der Waals surface area (Å²) in [6, 6.07) is 6.96. The third kappa shape index (κ3) is 3.04. The Morgan fingerprint density at radius 1 is 1.32 bits per heavy atom. The number of halogens is 1. The lowest BCUT2D eigenvalue weighted by molar-refractivity contribution is 0.101. The number of aromatic amines is 1. The van der Waals surface area contributed by atoms with Crippen LogP contribution in [-0.2, 0) is 6.54 Å². The summed E-state index contributed by atoms with van der Waals surface area (Å²) in [5.41, 5.74) is 4.73. The number of benzene rings is 1. The Kier molecular flexibility index (Phi) is 4.67. The molecule has 1 heterocycles. The number of nitrogens with zero attached hydrogens (tertiary/aromatic N) is 1. The molecule has 0 aliphatic carbocycles. The number of Topliss-reactive ketones (excluding diaryl/α,β-unsaturated/α-hetero) is 1. The Hall–Kier alpha value is -2.54. The van der Waals surface area contributed by atoms with Gasteiger partial charge in [-0.15, -0.1) is 11.6 Å². The maximum atomic E-state index is 11.9. The van der Waals surface area contributed by atoms with Gasteiger partial charge in [0.25, 0.3) is 5.56 Å². The van der Waals surface area contributed by atoms with E-state index in [9.17, 15) is 14.4 Å². The van der Waals surface area contributed by atoms with Crippen LogP contribution in [0.1, 0.15) is 15.9 Å². The van der Waals surface area contributed by atoms with Crippen LogP contribution < -0.4 is 21.7 Å². The number of carbonyl (C=O) groups excluding carboxylic acids is 1. The average Bonchev–Trinajstić information content (AvgIpc) is 2.51. The summed E-state index contributed by atoms with van der Waals surface area (Å²) in [6.45, 7) is 0.105. The van der Waals surface area contributed by atoms with E-state index in [2.05, 4.69) is 4.98 Å². The number of rotatable bonds is 5. The van der Waals surface area contributed by atoms with E-state index in [0.717, 1.165) is 10.1 Å². The molecular formula is C14H14ClN3O4. The minimum absolute atomic E-state index is 0.105. The molecule has 0 saturated carbocycles. The minimum Gasteiger partial charge on any atom is -0.497 e. The largest absolute Gasteiger partial charge is 0.497 e. The quantitative estimate of drug-likeness (QED) is 0.619. The van der Waals surface area contributed by atoms with Gasteiger partial charge < -0.3 is 10.5 Å². The number of nitrogens with one attached hydrogen (secondary N) is 1. The van der Waals surface area contributed by atoms with E-state index in [4.69, 9.17) is 22.1 Å². The maximum Gasteiger partial charge on any atom is 0.330 e. The lowest BCUT2D eigenvalue weighted by Gasteiger charge is -2.12. The molecule has 1 aromatic carbocycles. The number of aromatic nitrogens is 2. The summed E-state index contributed by atoms with van der Waals surface area (Å²) >= 11 is 5.46. The van der Waals surface area contributed by atoms with Crippen molar-refractivity contribution < 1.29 is 9.53 Å². The summed E-state index contributed by atoms with van der Waals surface area (Å²) in [7, 11) is 1.55. The molecule has 7 nitrogen and oxygen atoms in total. The maximum absolute atomic E-state index is 11.9. The fourth-order valence-electron chi connectivity index (χ4n) is 1.99. The highest BCUT2D eigenvalue weighted by Crippen LogP contribution is 2.13.